The lowest BCUT2D eigenvalue weighted by atomic mass is 9.95. The van der Waals surface area contributed by atoms with Gasteiger partial charge in [-0.3, -0.25) is 0 Å². The topological polar surface area (TPSA) is 91.2 Å². The summed E-state index contributed by atoms with van der Waals surface area (Å²) < 4.78 is 12.4. The lowest BCUT2D eigenvalue weighted by molar-refractivity contribution is -0.143. The summed E-state index contributed by atoms with van der Waals surface area (Å²) in [6, 6.07) is 6.94. The van der Waals surface area contributed by atoms with Crippen LogP contribution in [0.2, 0.25) is 0 Å². The van der Waals surface area contributed by atoms with Crippen molar-refractivity contribution in [3.8, 4) is 5.75 Å². The number of nitrogens with one attached hydrogen (secondary N) is 1. The molecule has 0 aliphatic carbocycles. The molecule has 0 unspecified atom stereocenters. The molecule has 126 valence electrons. The Kier molecular flexibility index (Phi) is 4.20. The van der Waals surface area contributed by atoms with Crippen LogP contribution in [0.1, 0.15) is 32.4 Å². The number of ether oxygens (including phenoxy) is 2. The van der Waals surface area contributed by atoms with E-state index in [0.717, 1.165) is 5.56 Å². The normalized spacial score (nSPS) is 16.6. The molecule has 2 aromatic rings. The van der Waals surface area contributed by atoms with Crippen molar-refractivity contribution in [2.24, 2.45) is 0 Å². The third kappa shape index (κ3) is 2.70. The first-order chi connectivity index (χ1) is 11.5. The van der Waals surface area contributed by atoms with Crippen LogP contribution in [0, 0.1) is 0 Å². The molecule has 0 spiro atoms. The van der Waals surface area contributed by atoms with Gasteiger partial charge in [-0.1, -0.05) is 23.3 Å². The number of tetrazole rings is 1. The van der Waals surface area contributed by atoms with Crippen molar-refractivity contribution in [3.63, 3.8) is 0 Å². The van der Waals surface area contributed by atoms with Crippen LogP contribution in [0.3, 0.4) is 0 Å². The van der Waals surface area contributed by atoms with Crippen molar-refractivity contribution < 1.29 is 14.3 Å². The Morgan fingerprint density at radius 1 is 1.33 bits per heavy atom. The largest absolute Gasteiger partial charge is 0.496 e. The lowest BCUT2D eigenvalue weighted by Gasteiger charge is -2.28. The molecule has 8 nitrogen and oxygen atoms in total. The van der Waals surface area contributed by atoms with E-state index in [1.807, 2.05) is 38.1 Å². The van der Waals surface area contributed by atoms with Crippen molar-refractivity contribution in [2.75, 3.05) is 12.4 Å². The summed E-state index contributed by atoms with van der Waals surface area (Å²) in [6.45, 7) is 5.42. The van der Waals surface area contributed by atoms with E-state index in [9.17, 15) is 4.79 Å². The molecule has 1 aliphatic rings. The quantitative estimate of drug-likeness (QED) is 0.857. The average molecular weight is 329 g/mol. The Bertz CT molecular complexity index is 797. The smallest absolute Gasteiger partial charge is 0.338 e. The van der Waals surface area contributed by atoms with Gasteiger partial charge >= 0.3 is 5.97 Å². The minimum atomic E-state index is -0.529. The maximum absolute atomic E-state index is 12.7. The van der Waals surface area contributed by atoms with Gasteiger partial charge in [-0.2, -0.15) is 4.68 Å². The van der Waals surface area contributed by atoms with E-state index < -0.39 is 12.0 Å². The second-order valence-corrected chi connectivity index (χ2v) is 5.71. The van der Waals surface area contributed by atoms with Crippen LogP contribution in [-0.2, 0) is 9.53 Å². The number of hydrogen-bond donors (Lipinski definition) is 1. The van der Waals surface area contributed by atoms with Gasteiger partial charge in [0.2, 0.25) is 5.95 Å². The standard InChI is InChI=1S/C16H19N5O3/c1-9(2)24-15(22)13-10(3)17-16-18-19-20-21(16)14(13)11-7-5-6-8-12(11)23-4/h5-9,14H,1-4H3,(H,17,18,20)/t14-/m1/s1. The minimum absolute atomic E-state index is 0.230. The minimum Gasteiger partial charge on any atom is -0.496 e. The van der Waals surface area contributed by atoms with E-state index in [1.165, 1.54) is 0 Å². The summed E-state index contributed by atoms with van der Waals surface area (Å²) in [5.74, 6) is 0.699. The number of para-hydroxylation sites is 1. The van der Waals surface area contributed by atoms with Crippen molar-refractivity contribution >= 4 is 11.9 Å². The van der Waals surface area contributed by atoms with Crippen LogP contribution >= 0.6 is 0 Å². The molecule has 0 radical (unpaired) electrons. The fourth-order valence-electron chi connectivity index (χ4n) is 2.73. The fourth-order valence-corrected chi connectivity index (χ4v) is 2.73. The molecule has 0 saturated carbocycles. The first-order valence-corrected chi connectivity index (χ1v) is 7.62. The third-order valence-corrected chi connectivity index (χ3v) is 3.71. The molecule has 1 aliphatic heterocycles. The van der Waals surface area contributed by atoms with Crippen molar-refractivity contribution in [1.29, 1.82) is 0 Å². The van der Waals surface area contributed by atoms with Gasteiger partial charge in [0.1, 0.15) is 11.8 Å². The molecule has 1 atom stereocenters. The lowest BCUT2D eigenvalue weighted by Crippen LogP contribution is -2.30. The molecule has 2 heterocycles. The maximum Gasteiger partial charge on any atom is 0.338 e. The fraction of sp³-hybridized carbons (Fsp3) is 0.375. The van der Waals surface area contributed by atoms with Crippen molar-refractivity contribution in [2.45, 2.75) is 32.9 Å². The van der Waals surface area contributed by atoms with Crippen LogP contribution in [0.25, 0.3) is 0 Å². The van der Waals surface area contributed by atoms with E-state index in [4.69, 9.17) is 9.47 Å². The number of methoxy groups -OCH3 is 1. The zero-order valence-corrected chi connectivity index (χ0v) is 14.0. The van der Waals surface area contributed by atoms with Crippen molar-refractivity contribution in [3.05, 3.63) is 41.1 Å². The Hall–Kier alpha value is -2.90. The number of fused-ring (bicyclic) bond motifs is 1. The molecule has 0 saturated heterocycles. The van der Waals surface area contributed by atoms with Gasteiger partial charge in [0.25, 0.3) is 0 Å². The van der Waals surface area contributed by atoms with Gasteiger partial charge in [0, 0.05) is 11.3 Å². The monoisotopic (exact) mass is 329 g/mol. The highest BCUT2D eigenvalue weighted by Gasteiger charge is 2.36. The Morgan fingerprint density at radius 2 is 2.08 bits per heavy atom. The SMILES string of the molecule is COc1ccccc1[C@@H]1C(C(=O)OC(C)C)=C(C)Nc2nnnn21. The molecule has 1 aromatic carbocycles. The molecule has 1 aromatic heterocycles. The Balaban J connectivity index is 2.16. The van der Waals surface area contributed by atoms with Crippen molar-refractivity contribution in [1.82, 2.24) is 20.2 Å². The predicted molar refractivity (Wildman–Crippen MR) is 86.5 cm³/mol. The van der Waals surface area contributed by atoms with Crippen LogP contribution in [-0.4, -0.2) is 39.4 Å². The van der Waals surface area contributed by atoms with E-state index >= 15 is 0 Å². The Labute approximate surface area is 139 Å². The maximum atomic E-state index is 12.7. The van der Waals surface area contributed by atoms with Gasteiger partial charge in [-0.25, -0.2) is 4.79 Å². The summed E-state index contributed by atoms with van der Waals surface area (Å²) in [5, 5.41) is 14.7. The zero-order valence-electron chi connectivity index (χ0n) is 14.0. The summed E-state index contributed by atoms with van der Waals surface area (Å²) in [5.41, 5.74) is 1.89. The number of allylic oxidation sites excluding steroid dienone is 1. The van der Waals surface area contributed by atoms with Crippen LogP contribution in [0.15, 0.2) is 35.5 Å². The third-order valence-electron chi connectivity index (χ3n) is 3.71. The van der Waals surface area contributed by atoms with Gasteiger partial charge < -0.3 is 14.8 Å². The number of aromatic nitrogens is 4. The highest BCUT2D eigenvalue weighted by Crippen LogP contribution is 2.38. The highest BCUT2D eigenvalue weighted by molar-refractivity contribution is 5.92. The van der Waals surface area contributed by atoms with E-state index in [2.05, 4.69) is 20.8 Å². The van der Waals surface area contributed by atoms with Gasteiger partial charge in [-0.15, -0.1) is 0 Å². The van der Waals surface area contributed by atoms with E-state index in [-0.39, 0.29) is 6.10 Å². The number of carbonyl (C=O) groups excluding carboxylic acids is 1. The number of benzene rings is 1. The van der Waals surface area contributed by atoms with Gasteiger partial charge in [-0.05, 0) is 37.3 Å². The molecule has 0 amide bonds. The summed E-state index contributed by atoms with van der Waals surface area (Å²) in [4.78, 5) is 12.7. The van der Waals surface area contributed by atoms with E-state index in [0.29, 0.717) is 23.0 Å². The molecule has 3 rings (SSSR count). The molecule has 0 bridgehead atoms. The predicted octanol–water partition coefficient (Wildman–Crippen LogP) is 1.92. The molecule has 8 heteroatoms. The molecular weight excluding hydrogens is 310 g/mol. The second-order valence-electron chi connectivity index (χ2n) is 5.71. The number of anilines is 1. The summed E-state index contributed by atoms with van der Waals surface area (Å²) >= 11 is 0. The number of rotatable bonds is 4. The summed E-state index contributed by atoms with van der Waals surface area (Å²) in [6.07, 6.45) is -0.230. The number of carbonyl (C=O) groups is 1. The second kappa shape index (κ2) is 6.31. The molecular formula is C16H19N5O3. The van der Waals surface area contributed by atoms with Crippen LogP contribution in [0.4, 0.5) is 5.95 Å². The van der Waals surface area contributed by atoms with Gasteiger partial charge in [0.05, 0.1) is 18.8 Å². The number of nitrogens with zero attached hydrogens (tertiary/aromatic N) is 4. The van der Waals surface area contributed by atoms with Crippen LogP contribution in [0.5, 0.6) is 5.75 Å². The summed E-state index contributed by atoms with van der Waals surface area (Å²) in [7, 11) is 1.59. The zero-order chi connectivity index (χ0) is 17.3. The number of esters is 1. The molecule has 24 heavy (non-hydrogen) atoms. The van der Waals surface area contributed by atoms with E-state index in [1.54, 1.807) is 18.7 Å². The first-order valence-electron chi connectivity index (χ1n) is 7.62. The molecule has 0 fully saturated rings. The number of hydrogen-bond acceptors (Lipinski definition) is 7. The van der Waals surface area contributed by atoms with Crippen LogP contribution < -0.4 is 10.1 Å². The average Bonchev–Trinajstić information content (AvgIpc) is 3.00. The molecule has 1 N–H and O–H groups in total. The first kappa shape index (κ1) is 16.0. The highest BCUT2D eigenvalue weighted by atomic mass is 16.5. The van der Waals surface area contributed by atoms with Gasteiger partial charge in [0.15, 0.2) is 0 Å². The Morgan fingerprint density at radius 3 is 2.79 bits per heavy atom.